The summed E-state index contributed by atoms with van der Waals surface area (Å²) in [7, 11) is 2.06. The second-order valence-electron chi connectivity index (χ2n) is 5.19. The van der Waals surface area contributed by atoms with Crippen molar-refractivity contribution in [3.8, 4) is 0 Å². The Hall–Kier alpha value is -1.84. The molecule has 1 N–H and O–H groups in total. The predicted octanol–water partition coefficient (Wildman–Crippen LogP) is 3.60. The summed E-state index contributed by atoms with van der Waals surface area (Å²) in [4.78, 5) is 12.8. The first kappa shape index (κ1) is 15.5. The van der Waals surface area contributed by atoms with Crippen LogP contribution in [0, 0.1) is 0 Å². The van der Waals surface area contributed by atoms with Gasteiger partial charge in [0, 0.05) is 18.1 Å². The Morgan fingerprint density at radius 2 is 1.38 bits per heavy atom. The molecule has 0 fully saturated rings. The minimum absolute atomic E-state index is 0.0703. The van der Waals surface area contributed by atoms with Crippen molar-refractivity contribution >= 4 is 17.6 Å². The Morgan fingerprint density at radius 3 is 1.86 bits per heavy atom. The van der Waals surface area contributed by atoms with E-state index in [1.165, 1.54) is 11.1 Å². The highest BCUT2D eigenvalue weighted by Gasteiger charge is 2.04. The van der Waals surface area contributed by atoms with Crippen LogP contribution in [0.15, 0.2) is 48.5 Å². The van der Waals surface area contributed by atoms with Crippen LogP contribution in [0.3, 0.4) is 0 Å². The van der Waals surface area contributed by atoms with Gasteiger partial charge in [0.15, 0.2) is 0 Å². The summed E-state index contributed by atoms with van der Waals surface area (Å²) in [5.74, 6) is -0.803. The van der Waals surface area contributed by atoms with Crippen LogP contribution in [-0.4, -0.2) is 23.0 Å². The zero-order valence-electron chi connectivity index (χ0n) is 11.9. The summed E-state index contributed by atoms with van der Waals surface area (Å²) in [5, 5.41) is 9.49. The summed E-state index contributed by atoms with van der Waals surface area (Å²) in [5.41, 5.74) is 3.21. The van der Waals surface area contributed by atoms with Crippen molar-refractivity contribution in [1.29, 1.82) is 0 Å². The molecule has 2 aromatic carbocycles. The zero-order chi connectivity index (χ0) is 15.2. The van der Waals surface area contributed by atoms with E-state index >= 15 is 0 Å². The molecule has 110 valence electrons. The fourth-order valence-corrected chi connectivity index (χ4v) is 2.33. The number of carboxylic acids is 1. The largest absolute Gasteiger partial charge is 0.481 e. The Morgan fingerprint density at radius 1 is 0.952 bits per heavy atom. The summed E-state index contributed by atoms with van der Waals surface area (Å²) in [6, 6.07) is 15.5. The van der Waals surface area contributed by atoms with Gasteiger partial charge in [-0.2, -0.15) is 0 Å². The predicted molar refractivity (Wildman–Crippen MR) is 84.4 cm³/mol. The lowest BCUT2D eigenvalue weighted by Crippen LogP contribution is -2.17. The molecule has 0 atom stereocenters. The number of aliphatic carboxylic acids is 1. The number of rotatable bonds is 6. The highest BCUT2D eigenvalue weighted by atomic mass is 35.5. The second-order valence-corrected chi connectivity index (χ2v) is 5.62. The van der Waals surface area contributed by atoms with Crippen LogP contribution in [0.1, 0.15) is 16.7 Å². The van der Waals surface area contributed by atoms with Gasteiger partial charge in [0.25, 0.3) is 0 Å². The summed E-state index contributed by atoms with van der Waals surface area (Å²) < 4.78 is 0. The van der Waals surface area contributed by atoms with E-state index < -0.39 is 5.97 Å². The molecular formula is C17H18ClNO2. The van der Waals surface area contributed by atoms with Crippen LogP contribution in [0.25, 0.3) is 0 Å². The molecule has 2 rings (SSSR count). The first-order valence-corrected chi connectivity index (χ1v) is 7.13. The van der Waals surface area contributed by atoms with Crippen LogP contribution in [-0.2, 0) is 24.3 Å². The number of nitrogens with zero attached hydrogens (tertiary/aromatic N) is 1. The number of carboxylic acid groups (broad SMARTS) is 1. The summed E-state index contributed by atoms with van der Waals surface area (Å²) >= 11 is 5.87. The Bertz CT molecular complexity index is 593. The molecule has 0 saturated heterocycles. The van der Waals surface area contributed by atoms with Gasteiger partial charge in [-0.15, -0.1) is 0 Å². The van der Waals surface area contributed by atoms with Gasteiger partial charge in [-0.3, -0.25) is 9.69 Å². The maximum absolute atomic E-state index is 10.6. The van der Waals surface area contributed by atoms with Crippen LogP contribution in [0.5, 0.6) is 0 Å². The fraction of sp³-hybridized carbons (Fsp3) is 0.235. The van der Waals surface area contributed by atoms with E-state index in [0.717, 1.165) is 23.7 Å². The highest BCUT2D eigenvalue weighted by molar-refractivity contribution is 6.30. The Balaban J connectivity index is 1.91. The molecule has 0 bridgehead atoms. The molecule has 0 aliphatic carbocycles. The lowest BCUT2D eigenvalue weighted by atomic mass is 10.1. The summed E-state index contributed by atoms with van der Waals surface area (Å²) in [6.45, 7) is 1.66. The topological polar surface area (TPSA) is 40.5 Å². The Kier molecular flexibility index (Phi) is 5.37. The van der Waals surface area contributed by atoms with Gasteiger partial charge in [-0.25, -0.2) is 0 Å². The van der Waals surface area contributed by atoms with E-state index in [9.17, 15) is 4.79 Å². The van der Waals surface area contributed by atoms with E-state index in [4.69, 9.17) is 16.7 Å². The van der Waals surface area contributed by atoms with Crippen LogP contribution < -0.4 is 0 Å². The molecule has 0 unspecified atom stereocenters. The van der Waals surface area contributed by atoms with Crippen LogP contribution >= 0.6 is 11.6 Å². The SMILES string of the molecule is CN(Cc1ccc(Cl)cc1)Cc1ccc(CC(=O)O)cc1. The molecule has 4 heteroatoms. The number of halogens is 1. The molecule has 3 nitrogen and oxygen atoms in total. The van der Waals surface area contributed by atoms with Crippen molar-refractivity contribution in [2.75, 3.05) is 7.05 Å². The number of carbonyl (C=O) groups is 1. The third-order valence-corrected chi connectivity index (χ3v) is 3.45. The average molecular weight is 304 g/mol. The van der Waals surface area contributed by atoms with Crippen LogP contribution in [0.4, 0.5) is 0 Å². The van der Waals surface area contributed by atoms with E-state index in [2.05, 4.69) is 11.9 Å². The first-order valence-electron chi connectivity index (χ1n) is 6.75. The van der Waals surface area contributed by atoms with Gasteiger partial charge in [-0.05, 0) is 35.9 Å². The van der Waals surface area contributed by atoms with E-state index in [1.54, 1.807) is 0 Å². The third-order valence-electron chi connectivity index (χ3n) is 3.20. The van der Waals surface area contributed by atoms with Crippen molar-refractivity contribution in [1.82, 2.24) is 4.90 Å². The van der Waals surface area contributed by atoms with Gasteiger partial charge in [0.2, 0.25) is 0 Å². The van der Waals surface area contributed by atoms with Gasteiger partial charge in [0.05, 0.1) is 6.42 Å². The van der Waals surface area contributed by atoms with Crippen molar-refractivity contribution in [3.05, 3.63) is 70.2 Å². The quantitative estimate of drug-likeness (QED) is 0.886. The number of benzene rings is 2. The molecule has 0 aliphatic rings. The highest BCUT2D eigenvalue weighted by Crippen LogP contribution is 2.13. The summed E-state index contributed by atoms with van der Waals surface area (Å²) in [6.07, 6.45) is 0.0703. The smallest absolute Gasteiger partial charge is 0.307 e. The fourth-order valence-electron chi connectivity index (χ4n) is 2.21. The van der Waals surface area contributed by atoms with E-state index in [1.807, 2.05) is 48.5 Å². The molecule has 21 heavy (non-hydrogen) atoms. The van der Waals surface area contributed by atoms with Crippen molar-refractivity contribution < 1.29 is 9.90 Å². The molecular weight excluding hydrogens is 286 g/mol. The monoisotopic (exact) mass is 303 g/mol. The van der Waals surface area contributed by atoms with Crippen LogP contribution in [0.2, 0.25) is 5.02 Å². The van der Waals surface area contributed by atoms with Gasteiger partial charge in [-0.1, -0.05) is 48.0 Å². The minimum atomic E-state index is -0.803. The zero-order valence-corrected chi connectivity index (χ0v) is 12.7. The third kappa shape index (κ3) is 5.21. The molecule has 0 heterocycles. The van der Waals surface area contributed by atoms with Gasteiger partial charge in [0.1, 0.15) is 0 Å². The van der Waals surface area contributed by atoms with Gasteiger partial charge < -0.3 is 5.11 Å². The maximum Gasteiger partial charge on any atom is 0.307 e. The molecule has 0 radical (unpaired) electrons. The molecule has 2 aromatic rings. The van der Waals surface area contributed by atoms with E-state index in [0.29, 0.717) is 0 Å². The lowest BCUT2D eigenvalue weighted by Gasteiger charge is -2.17. The normalized spacial score (nSPS) is 10.8. The molecule has 0 saturated carbocycles. The van der Waals surface area contributed by atoms with Crippen molar-refractivity contribution in [3.63, 3.8) is 0 Å². The number of hydrogen-bond acceptors (Lipinski definition) is 2. The maximum atomic E-state index is 10.6. The first-order chi connectivity index (χ1) is 10.0. The Labute approximate surface area is 129 Å². The van der Waals surface area contributed by atoms with Crippen molar-refractivity contribution in [2.45, 2.75) is 19.5 Å². The van der Waals surface area contributed by atoms with Gasteiger partial charge >= 0.3 is 5.97 Å². The molecule has 0 amide bonds. The molecule has 0 spiro atoms. The average Bonchev–Trinajstić information content (AvgIpc) is 2.43. The van der Waals surface area contributed by atoms with Crippen molar-refractivity contribution in [2.24, 2.45) is 0 Å². The second kappa shape index (κ2) is 7.25. The lowest BCUT2D eigenvalue weighted by molar-refractivity contribution is -0.136. The molecule has 0 aromatic heterocycles. The number of hydrogen-bond donors (Lipinski definition) is 1. The van der Waals surface area contributed by atoms with E-state index in [-0.39, 0.29) is 6.42 Å². The standard InChI is InChI=1S/C17H18ClNO2/c1-19(12-15-6-8-16(18)9-7-15)11-14-4-2-13(3-5-14)10-17(20)21/h2-9H,10-12H2,1H3,(H,20,21). The minimum Gasteiger partial charge on any atom is -0.481 e. The molecule has 0 aliphatic heterocycles.